The van der Waals surface area contributed by atoms with E-state index in [1.807, 2.05) is 50.2 Å². The zero-order valence-corrected chi connectivity index (χ0v) is 14.9. The molecule has 0 aromatic heterocycles. The Morgan fingerprint density at radius 1 is 1.04 bits per heavy atom. The number of amides is 1. The molecule has 1 amide bonds. The molecule has 0 fully saturated rings. The van der Waals surface area contributed by atoms with Gasteiger partial charge in [0.05, 0.1) is 6.42 Å². The molecule has 0 saturated carbocycles. The van der Waals surface area contributed by atoms with E-state index in [0.717, 1.165) is 21.7 Å². The van der Waals surface area contributed by atoms with Gasteiger partial charge in [-0.2, -0.15) is 0 Å². The molecule has 2 rings (SSSR count). The number of benzene rings is 2. The van der Waals surface area contributed by atoms with E-state index in [0.29, 0.717) is 18.0 Å². The molecule has 0 bridgehead atoms. The number of rotatable bonds is 7. The summed E-state index contributed by atoms with van der Waals surface area (Å²) in [6, 6.07) is 11.1. The third-order valence-electron chi connectivity index (χ3n) is 3.62. The molecule has 0 aliphatic heterocycles. The number of carbonyl (C=O) groups is 2. The van der Waals surface area contributed by atoms with Crippen molar-refractivity contribution in [1.82, 2.24) is 5.32 Å². The average Bonchev–Trinajstić information content (AvgIpc) is 2.57. The van der Waals surface area contributed by atoms with Gasteiger partial charge in [0, 0.05) is 18.0 Å². The van der Waals surface area contributed by atoms with Gasteiger partial charge in [-0.3, -0.25) is 9.59 Å². The van der Waals surface area contributed by atoms with Gasteiger partial charge in [0.2, 0.25) is 5.91 Å². The summed E-state index contributed by atoms with van der Waals surface area (Å²) in [5.41, 5.74) is 2.81. The van der Waals surface area contributed by atoms with Crippen molar-refractivity contribution < 1.29 is 19.4 Å². The van der Waals surface area contributed by atoms with Crippen molar-refractivity contribution in [3.63, 3.8) is 0 Å². The summed E-state index contributed by atoms with van der Waals surface area (Å²) in [6.45, 7) is 4.20. The number of hydrogen-bond donors (Lipinski definition) is 2. The third kappa shape index (κ3) is 5.80. The zero-order chi connectivity index (χ0) is 18.4. The van der Waals surface area contributed by atoms with Gasteiger partial charge in [0.15, 0.2) is 0 Å². The van der Waals surface area contributed by atoms with Crippen LogP contribution in [-0.2, 0) is 16.1 Å². The Kier molecular flexibility index (Phi) is 6.42. The van der Waals surface area contributed by atoms with E-state index in [-0.39, 0.29) is 18.7 Å². The molecule has 6 heteroatoms. The van der Waals surface area contributed by atoms with E-state index in [1.54, 1.807) is 0 Å². The van der Waals surface area contributed by atoms with Crippen molar-refractivity contribution in [2.45, 2.75) is 33.2 Å². The minimum Gasteiger partial charge on any atom is -0.481 e. The number of ether oxygens (including phenoxy) is 1. The molecular formula is C19H20ClNO4. The van der Waals surface area contributed by atoms with Gasteiger partial charge in [-0.1, -0.05) is 23.7 Å². The van der Waals surface area contributed by atoms with Crippen LogP contribution in [0, 0.1) is 13.8 Å². The quantitative estimate of drug-likeness (QED) is 0.773. The largest absolute Gasteiger partial charge is 0.481 e. The first-order valence-corrected chi connectivity index (χ1v) is 8.25. The lowest BCUT2D eigenvalue weighted by atomic mass is 10.1. The van der Waals surface area contributed by atoms with Crippen molar-refractivity contribution >= 4 is 23.5 Å². The van der Waals surface area contributed by atoms with Crippen molar-refractivity contribution in [2.24, 2.45) is 0 Å². The molecule has 0 aliphatic rings. The van der Waals surface area contributed by atoms with Crippen LogP contribution >= 0.6 is 11.6 Å². The highest BCUT2D eigenvalue weighted by atomic mass is 35.5. The summed E-state index contributed by atoms with van der Waals surface area (Å²) in [6.07, 6.45) is -0.190. The highest BCUT2D eigenvalue weighted by Crippen LogP contribution is 2.29. The lowest BCUT2D eigenvalue weighted by Crippen LogP contribution is -2.23. The lowest BCUT2D eigenvalue weighted by Gasteiger charge is -2.10. The molecule has 2 aromatic carbocycles. The molecule has 2 N–H and O–H groups in total. The summed E-state index contributed by atoms with van der Waals surface area (Å²) in [4.78, 5) is 21.9. The predicted octanol–water partition coefficient (Wildman–Crippen LogP) is 4.23. The molecule has 0 aliphatic carbocycles. The molecule has 0 unspecified atom stereocenters. The zero-order valence-electron chi connectivity index (χ0n) is 14.1. The highest BCUT2D eigenvalue weighted by Gasteiger charge is 2.06. The van der Waals surface area contributed by atoms with Crippen LogP contribution in [0.4, 0.5) is 0 Å². The molecule has 0 spiro atoms. The SMILES string of the molecule is Cc1cc(Oc2ccc(CNC(=O)CCC(=O)O)cc2)cc(C)c1Cl. The van der Waals surface area contributed by atoms with E-state index >= 15 is 0 Å². The molecule has 132 valence electrons. The number of hydrogen-bond acceptors (Lipinski definition) is 3. The average molecular weight is 362 g/mol. The second-order valence-corrected chi connectivity index (χ2v) is 6.17. The molecule has 5 nitrogen and oxygen atoms in total. The van der Waals surface area contributed by atoms with Gasteiger partial charge in [0.1, 0.15) is 11.5 Å². The van der Waals surface area contributed by atoms with E-state index in [4.69, 9.17) is 21.4 Å². The fourth-order valence-corrected chi connectivity index (χ4v) is 2.40. The third-order valence-corrected chi connectivity index (χ3v) is 4.22. The van der Waals surface area contributed by atoms with Crippen LogP contribution in [0.2, 0.25) is 5.02 Å². The van der Waals surface area contributed by atoms with Gasteiger partial charge in [-0.05, 0) is 54.8 Å². The Bertz CT molecular complexity index is 748. The van der Waals surface area contributed by atoms with E-state index in [2.05, 4.69) is 5.32 Å². The fraction of sp³-hybridized carbons (Fsp3) is 0.263. The number of carboxylic acids is 1. The van der Waals surface area contributed by atoms with E-state index < -0.39 is 5.97 Å². The monoisotopic (exact) mass is 361 g/mol. The Hall–Kier alpha value is -2.53. The maximum absolute atomic E-state index is 11.5. The van der Waals surface area contributed by atoms with E-state index in [1.165, 1.54) is 0 Å². The molecule has 0 radical (unpaired) electrons. The smallest absolute Gasteiger partial charge is 0.303 e. The second-order valence-electron chi connectivity index (χ2n) is 5.79. The number of carboxylic acid groups (broad SMARTS) is 1. The van der Waals surface area contributed by atoms with Crippen molar-refractivity contribution in [3.8, 4) is 11.5 Å². The molecule has 0 atom stereocenters. The van der Waals surface area contributed by atoms with Crippen LogP contribution in [0.5, 0.6) is 11.5 Å². The molecule has 0 saturated heterocycles. The summed E-state index contributed by atoms with van der Waals surface area (Å²) in [5, 5.41) is 12.0. The fourth-order valence-electron chi connectivity index (χ4n) is 2.29. The van der Waals surface area contributed by atoms with Crippen molar-refractivity contribution in [1.29, 1.82) is 0 Å². The number of aryl methyl sites for hydroxylation is 2. The van der Waals surface area contributed by atoms with Crippen LogP contribution in [0.3, 0.4) is 0 Å². The minimum absolute atomic E-state index is 0.0220. The van der Waals surface area contributed by atoms with Gasteiger partial charge in [-0.15, -0.1) is 0 Å². The topological polar surface area (TPSA) is 75.6 Å². The van der Waals surface area contributed by atoms with Crippen molar-refractivity contribution in [3.05, 3.63) is 58.1 Å². The van der Waals surface area contributed by atoms with Crippen LogP contribution in [-0.4, -0.2) is 17.0 Å². The first kappa shape index (κ1) is 18.8. The standard InChI is InChI=1S/C19H20ClNO4/c1-12-9-16(10-13(2)19(12)20)25-15-5-3-14(4-6-15)11-21-17(22)7-8-18(23)24/h3-6,9-10H,7-8,11H2,1-2H3,(H,21,22)(H,23,24). The first-order valence-electron chi connectivity index (χ1n) is 7.87. The summed E-state index contributed by atoms with van der Waals surface area (Å²) < 4.78 is 5.83. The predicted molar refractivity (Wildman–Crippen MR) is 96.2 cm³/mol. The van der Waals surface area contributed by atoms with Gasteiger partial charge < -0.3 is 15.2 Å². The Morgan fingerprint density at radius 2 is 1.64 bits per heavy atom. The van der Waals surface area contributed by atoms with Gasteiger partial charge in [0.25, 0.3) is 0 Å². The Labute approximate surface area is 151 Å². The van der Waals surface area contributed by atoms with Crippen LogP contribution < -0.4 is 10.1 Å². The summed E-state index contributed by atoms with van der Waals surface area (Å²) >= 11 is 6.15. The number of aliphatic carboxylic acids is 1. The number of halogens is 1. The van der Waals surface area contributed by atoms with Crippen LogP contribution in [0.15, 0.2) is 36.4 Å². The summed E-state index contributed by atoms with van der Waals surface area (Å²) in [7, 11) is 0. The van der Waals surface area contributed by atoms with Crippen LogP contribution in [0.25, 0.3) is 0 Å². The minimum atomic E-state index is -0.982. The van der Waals surface area contributed by atoms with E-state index in [9.17, 15) is 9.59 Å². The molecule has 0 heterocycles. The Balaban J connectivity index is 1.91. The maximum Gasteiger partial charge on any atom is 0.303 e. The summed E-state index contributed by atoms with van der Waals surface area (Å²) in [5.74, 6) is 0.135. The molecular weight excluding hydrogens is 342 g/mol. The number of nitrogens with one attached hydrogen (secondary N) is 1. The normalized spacial score (nSPS) is 10.4. The van der Waals surface area contributed by atoms with Gasteiger partial charge >= 0.3 is 5.97 Å². The van der Waals surface area contributed by atoms with Crippen molar-refractivity contribution in [2.75, 3.05) is 0 Å². The molecule has 25 heavy (non-hydrogen) atoms. The van der Waals surface area contributed by atoms with Gasteiger partial charge in [-0.25, -0.2) is 0 Å². The maximum atomic E-state index is 11.5. The molecule has 2 aromatic rings. The number of carbonyl (C=O) groups excluding carboxylic acids is 1. The Morgan fingerprint density at radius 3 is 2.20 bits per heavy atom. The second kappa shape index (κ2) is 8.53. The highest BCUT2D eigenvalue weighted by molar-refractivity contribution is 6.32. The first-order chi connectivity index (χ1) is 11.8. The lowest BCUT2D eigenvalue weighted by molar-refractivity contribution is -0.138. The van der Waals surface area contributed by atoms with Crippen LogP contribution in [0.1, 0.15) is 29.5 Å².